The predicted molar refractivity (Wildman–Crippen MR) is 44.9 cm³/mol. The van der Waals surface area contributed by atoms with E-state index in [1.807, 2.05) is 0 Å². The van der Waals surface area contributed by atoms with E-state index in [-0.39, 0.29) is 5.82 Å². The van der Waals surface area contributed by atoms with Crippen LogP contribution in [-0.4, -0.2) is 35.7 Å². The number of nitrogens with zero attached hydrogens (tertiary/aromatic N) is 6. The summed E-state index contributed by atoms with van der Waals surface area (Å²) < 4.78 is 3.15. The smallest absolute Gasteiger partial charge is 0.216 e. The van der Waals surface area contributed by atoms with Crippen molar-refractivity contribution in [1.82, 2.24) is 29.4 Å². The van der Waals surface area contributed by atoms with Crippen molar-refractivity contribution in [2.24, 2.45) is 0 Å². The molecule has 0 aliphatic carbocycles. The molecule has 3 aromatic heterocycles. The average molecular weight is 188 g/mol. The van der Waals surface area contributed by atoms with Crippen molar-refractivity contribution >= 4 is 17.6 Å². The summed E-state index contributed by atoms with van der Waals surface area (Å²) in [7, 11) is 0. The molecule has 3 rings (SSSR count). The van der Waals surface area contributed by atoms with E-state index in [9.17, 15) is 4.79 Å². The molecule has 0 aliphatic heterocycles. The van der Waals surface area contributed by atoms with E-state index in [1.54, 1.807) is 21.2 Å². The molecule has 0 saturated heterocycles. The van der Waals surface area contributed by atoms with Gasteiger partial charge in [-0.1, -0.05) is 0 Å². The Morgan fingerprint density at radius 3 is 2.86 bits per heavy atom. The van der Waals surface area contributed by atoms with E-state index < -0.39 is 0 Å². The van der Waals surface area contributed by atoms with Crippen LogP contribution in [0.15, 0.2) is 18.5 Å². The summed E-state index contributed by atoms with van der Waals surface area (Å²) in [5, 5.41) is 15.1. The fraction of sp³-hybridized carbons (Fsp3) is 0. The molecule has 0 aliphatic rings. The Morgan fingerprint density at radius 1 is 1.14 bits per heavy atom. The van der Waals surface area contributed by atoms with Gasteiger partial charge in [-0.25, -0.2) is 9.03 Å². The molecule has 0 radical (unpaired) electrons. The summed E-state index contributed by atoms with van der Waals surface area (Å²) in [4.78, 5) is 10.7. The van der Waals surface area contributed by atoms with E-state index >= 15 is 0 Å². The maximum absolute atomic E-state index is 10.7. The van der Waals surface area contributed by atoms with Crippen LogP contribution in [0.5, 0.6) is 0 Å². The zero-order valence-electron chi connectivity index (χ0n) is 6.90. The zero-order chi connectivity index (χ0) is 9.54. The van der Waals surface area contributed by atoms with Gasteiger partial charge in [0.2, 0.25) is 5.82 Å². The van der Waals surface area contributed by atoms with Crippen molar-refractivity contribution in [1.29, 1.82) is 0 Å². The quantitative estimate of drug-likeness (QED) is 0.485. The Kier molecular flexibility index (Phi) is 1.19. The summed E-state index contributed by atoms with van der Waals surface area (Å²) in [5.74, 6) is 0.227. The Bertz CT molecular complexity index is 623. The van der Waals surface area contributed by atoms with E-state index in [0.717, 1.165) is 0 Å². The molecule has 68 valence electrons. The predicted octanol–water partition coefficient (Wildman–Crippen LogP) is -0.416. The van der Waals surface area contributed by atoms with Gasteiger partial charge in [-0.3, -0.25) is 4.79 Å². The molecule has 0 unspecified atom stereocenters. The van der Waals surface area contributed by atoms with Crippen LogP contribution in [0.1, 0.15) is 10.6 Å². The minimum absolute atomic E-state index is 0.227. The molecule has 14 heavy (non-hydrogen) atoms. The summed E-state index contributed by atoms with van der Waals surface area (Å²) in [6.45, 7) is 0. The zero-order valence-corrected chi connectivity index (χ0v) is 6.90. The van der Waals surface area contributed by atoms with Crippen molar-refractivity contribution in [2.45, 2.75) is 0 Å². The normalized spacial score (nSPS) is 11.1. The first-order chi connectivity index (χ1) is 6.90. The number of hydrogen-bond donors (Lipinski definition) is 0. The van der Waals surface area contributed by atoms with Crippen molar-refractivity contribution in [3.63, 3.8) is 0 Å². The van der Waals surface area contributed by atoms with Crippen molar-refractivity contribution in [3.8, 4) is 0 Å². The summed E-state index contributed by atoms with van der Waals surface area (Å²) in [6, 6.07) is 3.48. The maximum atomic E-state index is 10.7. The van der Waals surface area contributed by atoms with Gasteiger partial charge in [0.1, 0.15) is 6.33 Å². The van der Waals surface area contributed by atoms with Gasteiger partial charge < -0.3 is 0 Å². The van der Waals surface area contributed by atoms with Gasteiger partial charge in [-0.2, -0.15) is 0 Å². The second-order valence-electron chi connectivity index (χ2n) is 2.71. The third-order valence-corrected chi connectivity index (χ3v) is 1.95. The molecule has 0 bridgehead atoms. The molecule has 7 heteroatoms. The van der Waals surface area contributed by atoms with Crippen molar-refractivity contribution in [2.75, 3.05) is 0 Å². The lowest BCUT2D eigenvalue weighted by Gasteiger charge is -1.96. The first-order valence-corrected chi connectivity index (χ1v) is 3.89. The van der Waals surface area contributed by atoms with Crippen LogP contribution in [0.3, 0.4) is 0 Å². The van der Waals surface area contributed by atoms with Gasteiger partial charge >= 0.3 is 0 Å². The molecule has 0 atom stereocenters. The van der Waals surface area contributed by atoms with Gasteiger partial charge in [0, 0.05) is 0 Å². The average Bonchev–Trinajstić information content (AvgIpc) is 2.82. The second kappa shape index (κ2) is 2.34. The summed E-state index contributed by atoms with van der Waals surface area (Å²) in [6.07, 6.45) is 2.14. The van der Waals surface area contributed by atoms with Crippen molar-refractivity contribution in [3.05, 3.63) is 24.3 Å². The number of aromatic nitrogens is 6. The molecule has 0 saturated carbocycles. The highest BCUT2D eigenvalue weighted by Crippen LogP contribution is 2.04. The van der Waals surface area contributed by atoms with Gasteiger partial charge in [0.05, 0.1) is 0 Å². The highest BCUT2D eigenvalue weighted by molar-refractivity contribution is 5.70. The van der Waals surface area contributed by atoms with Gasteiger partial charge in [0.15, 0.2) is 17.6 Å². The van der Waals surface area contributed by atoms with Crippen LogP contribution in [-0.2, 0) is 0 Å². The Labute approximate surface area is 77.0 Å². The Hall–Kier alpha value is -2.31. The molecule has 7 nitrogen and oxygen atoms in total. The number of fused-ring (bicyclic) bond motifs is 3. The third-order valence-electron chi connectivity index (χ3n) is 1.95. The fourth-order valence-corrected chi connectivity index (χ4v) is 1.35. The Balaban J connectivity index is 2.64. The molecule has 0 N–H and O–H groups in total. The molecular weight excluding hydrogens is 184 g/mol. The van der Waals surface area contributed by atoms with Gasteiger partial charge in [-0.15, -0.1) is 20.4 Å². The second-order valence-corrected chi connectivity index (χ2v) is 2.71. The van der Waals surface area contributed by atoms with Crippen LogP contribution >= 0.6 is 0 Å². The molecule has 0 aromatic carbocycles. The minimum atomic E-state index is 0.227. The molecule has 3 aromatic rings. The lowest BCUT2D eigenvalue weighted by atomic mass is 10.5. The van der Waals surface area contributed by atoms with Crippen LogP contribution in [0.4, 0.5) is 0 Å². The first-order valence-electron chi connectivity index (χ1n) is 3.89. The lowest BCUT2D eigenvalue weighted by molar-refractivity contribution is 0.111. The van der Waals surface area contributed by atoms with Crippen LogP contribution in [0.25, 0.3) is 11.3 Å². The largest absolute Gasteiger partial charge is 0.294 e. The summed E-state index contributed by atoms with van der Waals surface area (Å²) in [5.41, 5.74) is 1.22. The molecule has 3 heterocycles. The number of hydrogen-bond acceptors (Lipinski definition) is 5. The number of carbonyl (C=O) groups is 1. The van der Waals surface area contributed by atoms with Gasteiger partial charge in [-0.05, 0) is 12.1 Å². The van der Waals surface area contributed by atoms with Crippen LogP contribution in [0, 0.1) is 0 Å². The van der Waals surface area contributed by atoms with Crippen LogP contribution in [0.2, 0.25) is 0 Å². The number of rotatable bonds is 1. The lowest BCUT2D eigenvalue weighted by Crippen LogP contribution is -2.02. The molecule has 0 spiro atoms. The van der Waals surface area contributed by atoms with Crippen molar-refractivity contribution < 1.29 is 4.79 Å². The standard InChI is InChI=1S/C7H4N6O/c14-3-7-11-10-6-2-1-5-9-8-4-12(5)13(6)7/h1-4H. The highest BCUT2D eigenvalue weighted by atomic mass is 16.1. The Morgan fingerprint density at radius 2 is 2.00 bits per heavy atom. The molecule has 0 amide bonds. The third kappa shape index (κ3) is 0.729. The summed E-state index contributed by atoms with van der Waals surface area (Å²) >= 11 is 0. The van der Waals surface area contributed by atoms with E-state index in [4.69, 9.17) is 0 Å². The molecular formula is C7H4N6O. The van der Waals surface area contributed by atoms with E-state index in [0.29, 0.717) is 17.6 Å². The monoisotopic (exact) mass is 188 g/mol. The fourth-order valence-electron chi connectivity index (χ4n) is 1.35. The van der Waals surface area contributed by atoms with Crippen LogP contribution < -0.4 is 0 Å². The van der Waals surface area contributed by atoms with E-state index in [1.165, 1.54) is 6.33 Å². The molecule has 0 fully saturated rings. The number of carbonyl (C=O) groups excluding carboxylic acids is 1. The van der Waals surface area contributed by atoms with E-state index in [2.05, 4.69) is 20.4 Å². The SMILES string of the molecule is O=Cc1nnc2ccc3nncn3n12. The maximum Gasteiger partial charge on any atom is 0.216 e. The topological polar surface area (TPSA) is 77.4 Å². The minimum Gasteiger partial charge on any atom is -0.294 e. The van der Waals surface area contributed by atoms with Gasteiger partial charge in [0.25, 0.3) is 0 Å². The first kappa shape index (κ1) is 7.13. The highest BCUT2D eigenvalue weighted by Gasteiger charge is 2.07. The number of aldehydes is 1.